The number of benzene rings is 2. The summed E-state index contributed by atoms with van der Waals surface area (Å²) in [6, 6.07) is 16.3. The number of aromatic nitrogens is 2. The van der Waals surface area contributed by atoms with Gasteiger partial charge in [0.15, 0.2) is 11.7 Å². The maximum atomic E-state index is 12.2. The van der Waals surface area contributed by atoms with E-state index < -0.39 is 0 Å². The Kier molecular flexibility index (Phi) is 5.89. The molecule has 0 atom stereocenters. The van der Waals surface area contributed by atoms with Crippen molar-refractivity contribution in [2.24, 2.45) is 0 Å². The number of carbonyl (C=O) groups excluding carboxylic acids is 1. The number of aryl methyl sites for hydroxylation is 3. The SMILES string of the molecule is Cc1ccc(-c2cnc(CCC(=O)NCCc3cccc4cccnc34)o2)cc1C. The topological polar surface area (TPSA) is 68.0 Å². The summed E-state index contributed by atoms with van der Waals surface area (Å²) >= 11 is 0. The van der Waals surface area contributed by atoms with Gasteiger partial charge < -0.3 is 9.73 Å². The number of pyridine rings is 1. The Morgan fingerprint density at radius 3 is 2.73 bits per heavy atom. The zero-order valence-electron chi connectivity index (χ0n) is 17.3. The molecule has 4 aromatic rings. The molecule has 0 unspecified atom stereocenters. The van der Waals surface area contributed by atoms with Crippen LogP contribution >= 0.6 is 0 Å². The van der Waals surface area contributed by atoms with Crippen LogP contribution in [-0.4, -0.2) is 22.4 Å². The summed E-state index contributed by atoms with van der Waals surface area (Å²) in [5, 5.41) is 4.10. The van der Waals surface area contributed by atoms with Gasteiger partial charge in [0, 0.05) is 36.5 Å². The average Bonchev–Trinajstić information content (AvgIpc) is 3.23. The summed E-state index contributed by atoms with van der Waals surface area (Å²) < 4.78 is 5.84. The zero-order valence-corrected chi connectivity index (χ0v) is 17.3. The van der Waals surface area contributed by atoms with Crippen molar-refractivity contribution < 1.29 is 9.21 Å². The van der Waals surface area contributed by atoms with Gasteiger partial charge in [-0.25, -0.2) is 4.98 Å². The van der Waals surface area contributed by atoms with Crippen LogP contribution in [0.2, 0.25) is 0 Å². The first-order valence-electron chi connectivity index (χ1n) is 10.2. The molecule has 2 heterocycles. The predicted octanol–water partition coefficient (Wildman–Crippen LogP) is 4.80. The highest BCUT2D eigenvalue weighted by atomic mass is 16.4. The number of nitrogens with zero attached hydrogens (tertiary/aromatic N) is 2. The molecule has 0 fully saturated rings. The second kappa shape index (κ2) is 8.91. The molecule has 0 bridgehead atoms. The smallest absolute Gasteiger partial charge is 0.220 e. The molecule has 0 saturated heterocycles. The summed E-state index contributed by atoms with van der Waals surface area (Å²) in [4.78, 5) is 21.0. The van der Waals surface area contributed by atoms with Crippen molar-refractivity contribution in [3.8, 4) is 11.3 Å². The minimum Gasteiger partial charge on any atom is -0.441 e. The number of fused-ring (bicyclic) bond motifs is 1. The van der Waals surface area contributed by atoms with Crippen molar-refractivity contribution >= 4 is 16.8 Å². The number of rotatable bonds is 7. The van der Waals surface area contributed by atoms with Gasteiger partial charge in [-0.2, -0.15) is 0 Å². The van der Waals surface area contributed by atoms with E-state index in [2.05, 4.69) is 47.3 Å². The molecule has 1 N–H and O–H groups in total. The van der Waals surface area contributed by atoms with Gasteiger partial charge in [0.05, 0.1) is 11.7 Å². The zero-order chi connectivity index (χ0) is 20.9. The maximum absolute atomic E-state index is 12.2. The third-order valence-corrected chi connectivity index (χ3v) is 5.34. The third kappa shape index (κ3) is 4.57. The maximum Gasteiger partial charge on any atom is 0.220 e. The first-order valence-corrected chi connectivity index (χ1v) is 10.2. The van der Waals surface area contributed by atoms with Gasteiger partial charge in [-0.3, -0.25) is 9.78 Å². The second-order valence-electron chi connectivity index (χ2n) is 7.51. The van der Waals surface area contributed by atoms with E-state index in [1.165, 1.54) is 11.1 Å². The molecule has 1 amide bonds. The highest BCUT2D eigenvalue weighted by Gasteiger charge is 2.10. The summed E-state index contributed by atoms with van der Waals surface area (Å²) in [6.45, 7) is 4.74. The average molecular weight is 399 g/mol. The second-order valence-corrected chi connectivity index (χ2v) is 7.51. The van der Waals surface area contributed by atoms with Crippen LogP contribution in [-0.2, 0) is 17.6 Å². The summed E-state index contributed by atoms with van der Waals surface area (Å²) in [6.07, 6.45) is 5.10. The number of oxazole rings is 1. The Balaban J connectivity index is 1.28. The molecule has 4 rings (SSSR count). The number of amides is 1. The number of carbonyl (C=O) groups is 1. The Morgan fingerprint density at radius 1 is 1.00 bits per heavy atom. The van der Waals surface area contributed by atoms with Crippen LogP contribution < -0.4 is 5.32 Å². The van der Waals surface area contributed by atoms with Gasteiger partial charge in [-0.05, 0) is 49.1 Å². The molecule has 30 heavy (non-hydrogen) atoms. The third-order valence-electron chi connectivity index (χ3n) is 5.34. The number of nitrogens with one attached hydrogen (secondary N) is 1. The van der Waals surface area contributed by atoms with E-state index in [1.807, 2.05) is 30.3 Å². The minimum absolute atomic E-state index is 0.00544. The first kappa shape index (κ1) is 19.8. The van der Waals surface area contributed by atoms with Crippen LogP contribution in [0.25, 0.3) is 22.2 Å². The number of para-hydroxylation sites is 1. The van der Waals surface area contributed by atoms with Crippen LogP contribution in [0.4, 0.5) is 0 Å². The number of hydrogen-bond acceptors (Lipinski definition) is 4. The lowest BCUT2D eigenvalue weighted by Gasteiger charge is -2.07. The fourth-order valence-corrected chi connectivity index (χ4v) is 3.47. The van der Waals surface area contributed by atoms with E-state index >= 15 is 0 Å². The van der Waals surface area contributed by atoms with Gasteiger partial charge >= 0.3 is 0 Å². The van der Waals surface area contributed by atoms with E-state index in [1.54, 1.807) is 12.4 Å². The van der Waals surface area contributed by atoms with E-state index in [9.17, 15) is 4.79 Å². The van der Waals surface area contributed by atoms with Crippen LogP contribution in [0.1, 0.15) is 29.0 Å². The molecule has 0 radical (unpaired) electrons. The van der Waals surface area contributed by atoms with Crippen LogP contribution in [0.15, 0.2) is 65.3 Å². The molecular formula is C25H25N3O2. The van der Waals surface area contributed by atoms with Gasteiger partial charge in [0.25, 0.3) is 0 Å². The van der Waals surface area contributed by atoms with E-state index in [0.29, 0.717) is 25.3 Å². The number of hydrogen-bond donors (Lipinski definition) is 1. The fourth-order valence-electron chi connectivity index (χ4n) is 3.47. The van der Waals surface area contributed by atoms with Crippen molar-refractivity contribution in [2.75, 3.05) is 6.54 Å². The van der Waals surface area contributed by atoms with E-state index in [4.69, 9.17) is 4.42 Å². The van der Waals surface area contributed by atoms with Crippen molar-refractivity contribution in [2.45, 2.75) is 33.1 Å². The van der Waals surface area contributed by atoms with Crippen molar-refractivity contribution in [1.29, 1.82) is 0 Å². The van der Waals surface area contributed by atoms with Gasteiger partial charge in [0.1, 0.15) is 0 Å². The Bertz CT molecular complexity index is 1170. The molecule has 0 aliphatic rings. The summed E-state index contributed by atoms with van der Waals surface area (Å²) in [7, 11) is 0. The lowest BCUT2D eigenvalue weighted by atomic mass is 10.1. The highest BCUT2D eigenvalue weighted by Crippen LogP contribution is 2.23. The molecule has 2 aromatic heterocycles. The lowest BCUT2D eigenvalue weighted by Crippen LogP contribution is -2.26. The van der Waals surface area contributed by atoms with Gasteiger partial charge in [-0.1, -0.05) is 36.4 Å². The largest absolute Gasteiger partial charge is 0.441 e. The molecule has 0 saturated carbocycles. The van der Waals surface area contributed by atoms with Crippen molar-refractivity contribution in [3.05, 3.63) is 83.5 Å². The Morgan fingerprint density at radius 2 is 1.87 bits per heavy atom. The normalized spacial score (nSPS) is 11.0. The summed E-state index contributed by atoms with van der Waals surface area (Å²) in [5.41, 5.74) is 5.60. The molecule has 2 aromatic carbocycles. The monoisotopic (exact) mass is 399 g/mol. The molecule has 0 aliphatic carbocycles. The van der Waals surface area contributed by atoms with Crippen LogP contribution in [0, 0.1) is 13.8 Å². The van der Waals surface area contributed by atoms with Crippen molar-refractivity contribution in [1.82, 2.24) is 15.3 Å². The van der Waals surface area contributed by atoms with E-state index in [-0.39, 0.29) is 5.91 Å². The highest BCUT2D eigenvalue weighted by molar-refractivity contribution is 5.81. The Labute approximate surface area is 176 Å². The summed E-state index contributed by atoms with van der Waals surface area (Å²) in [5.74, 6) is 1.31. The first-order chi connectivity index (χ1) is 14.6. The quantitative estimate of drug-likeness (QED) is 0.485. The molecule has 0 aliphatic heterocycles. The molecule has 5 heteroatoms. The van der Waals surface area contributed by atoms with Crippen LogP contribution in [0.5, 0.6) is 0 Å². The molecular weight excluding hydrogens is 374 g/mol. The lowest BCUT2D eigenvalue weighted by molar-refractivity contribution is -0.121. The minimum atomic E-state index is -0.00544. The van der Waals surface area contributed by atoms with Crippen LogP contribution in [0.3, 0.4) is 0 Å². The molecule has 0 spiro atoms. The fraction of sp³-hybridized carbons (Fsp3) is 0.240. The standard InChI is InChI=1S/C25H25N3O2/c1-17-8-9-21(15-18(17)2)22-16-28-24(30-22)11-10-23(29)26-14-12-20-6-3-5-19-7-4-13-27-25(19)20/h3-9,13,15-16H,10-12,14H2,1-2H3,(H,26,29). The van der Waals surface area contributed by atoms with E-state index in [0.717, 1.165) is 34.2 Å². The molecule has 5 nitrogen and oxygen atoms in total. The van der Waals surface area contributed by atoms with Gasteiger partial charge in [-0.15, -0.1) is 0 Å². The predicted molar refractivity (Wildman–Crippen MR) is 118 cm³/mol. The molecule has 152 valence electrons. The van der Waals surface area contributed by atoms with Crippen molar-refractivity contribution in [3.63, 3.8) is 0 Å². The van der Waals surface area contributed by atoms with Gasteiger partial charge in [0.2, 0.25) is 5.91 Å². The Hall–Kier alpha value is -3.47.